The molecule has 4 aromatic carbocycles. The van der Waals surface area contributed by atoms with Gasteiger partial charge in [-0.2, -0.15) is 13.2 Å². The number of pyridine rings is 2. The van der Waals surface area contributed by atoms with Gasteiger partial charge in [0.15, 0.2) is 10.1 Å². The number of aliphatic imine (C=N–C) groups is 2. The Morgan fingerprint density at radius 3 is 1.09 bits per heavy atom. The molecular weight excluding hydrogens is 938 g/mol. The van der Waals surface area contributed by atoms with Crippen LogP contribution in [-0.2, 0) is 54.2 Å². The fourth-order valence-electron chi connectivity index (χ4n) is 6.43. The molecule has 0 amide bonds. The summed E-state index contributed by atoms with van der Waals surface area (Å²) in [5, 5.41) is 0. The third-order valence-corrected chi connectivity index (χ3v) is 10.6. The van der Waals surface area contributed by atoms with Crippen LogP contribution < -0.4 is 0 Å². The van der Waals surface area contributed by atoms with Crippen molar-refractivity contribution in [2.24, 2.45) is 9.98 Å². The number of alkyl halides is 3. The van der Waals surface area contributed by atoms with Gasteiger partial charge in [-0.1, -0.05) is 180 Å². The van der Waals surface area contributed by atoms with E-state index in [4.69, 9.17) is 27.9 Å². The summed E-state index contributed by atoms with van der Waals surface area (Å²) in [4.78, 5) is 20.2. The number of hydrogen-bond donors (Lipinski definition) is 0. The van der Waals surface area contributed by atoms with Gasteiger partial charge >= 0.3 is 27.9 Å². The standard InChI is InChI=1S/C47H55N3.C5H5N.CHF3O3S.Ag/c1-44(2,3)34-26-28-36(46(7,8)9)40(30-34)49-42(32-20-15-13-16-21-32)38-24-19-25-39(48-38)43(33-22-17-14-18-23-33)50-41-31-35(45(4,5)6)27-29-37(41)47(10,11)12;1-2-4-6-5-3-1;2-1(3,4)8(5,6)7;/h13-31H,1-12H3;1-5H;(H,5,6,7);/q;;;+1/p-1. The first kappa shape index (κ1) is 54.3. The molecule has 0 unspecified atom stereocenters. The van der Waals surface area contributed by atoms with Crippen molar-refractivity contribution in [3.63, 3.8) is 0 Å². The molecule has 0 atom stereocenters. The minimum Gasteiger partial charge on any atom is -0.741 e. The summed E-state index contributed by atoms with van der Waals surface area (Å²) in [5.74, 6) is 0. The Labute approximate surface area is 400 Å². The van der Waals surface area contributed by atoms with E-state index >= 15 is 0 Å². The third-order valence-electron chi connectivity index (χ3n) is 9.99. The van der Waals surface area contributed by atoms with E-state index in [0.29, 0.717) is 0 Å². The fourth-order valence-corrected chi connectivity index (χ4v) is 6.43. The minimum absolute atomic E-state index is 0. The molecule has 7 nitrogen and oxygen atoms in total. The minimum atomic E-state index is -6.09. The zero-order valence-electron chi connectivity index (χ0n) is 39.2. The summed E-state index contributed by atoms with van der Waals surface area (Å²) < 4.78 is 58.9. The summed E-state index contributed by atoms with van der Waals surface area (Å²) in [6.07, 6.45) is 3.50. The quantitative estimate of drug-likeness (QED) is 0.0715. The van der Waals surface area contributed by atoms with Crippen LogP contribution in [0.1, 0.15) is 128 Å². The Balaban J connectivity index is 0.000000641. The molecule has 0 saturated carbocycles. The number of benzene rings is 4. The van der Waals surface area contributed by atoms with E-state index in [0.717, 1.165) is 45.3 Å². The van der Waals surface area contributed by atoms with Crippen LogP contribution in [0.3, 0.4) is 0 Å². The molecule has 0 fully saturated rings. The average Bonchev–Trinajstić information content (AvgIpc) is 3.21. The van der Waals surface area contributed by atoms with E-state index in [2.05, 4.69) is 191 Å². The van der Waals surface area contributed by atoms with Gasteiger partial charge in [0, 0.05) is 23.5 Å². The van der Waals surface area contributed by atoms with E-state index in [1.807, 2.05) is 30.3 Å². The van der Waals surface area contributed by atoms with Gasteiger partial charge in [0.25, 0.3) is 0 Å². The van der Waals surface area contributed by atoms with Gasteiger partial charge in [0.2, 0.25) is 0 Å². The second-order valence-electron chi connectivity index (χ2n) is 19.4. The topological polar surface area (TPSA) is 108 Å². The van der Waals surface area contributed by atoms with Crippen LogP contribution in [0.25, 0.3) is 0 Å². The summed E-state index contributed by atoms with van der Waals surface area (Å²) in [5.41, 5.74) is 6.32. The molecule has 0 radical (unpaired) electrons. The maximum atomic E-state index is 10.7. The Hall–Kier alpha value is -5.04. The zero-order chi connectivity index (χ0) is 47.7. The second-order valence-corrected chi connectivity index (χ2v) is 20.8. The predicted octanol–water partition coefficient (Wildman–Crippen LogP) is 13.7. The fraction of sp³-hybridized carbons (Fsp3) is 0.321. The van der Waals surface area contributed by atoms with Gasteiger partial charge in [-0.25, -0.2) is 23.4 Å². The number of hydrogen-bond acceptors (Lipinski definition) is 7. The van der Waals surface area contributed by atoms with Crippen LogP contribution in [0, 0.1) is 0 Å². The molecule has 2 aromatic heterocycles. The average molecular weight is 998 g/mol. The Morgan fingerprint density at radius 1 is 0.492 bits per heavy atom. The van der Waals surface area contributed by atoms with Crippen LogP contribution >= 0.6 is 0 Å². The first-order chi connectivity index (χ1) is 29.6. The largest absolute Gasteiger partial charge is 1.00 e. The van der Waals surface area contributed by atoms with Gasteiger partial charge in [-0.05, 0) is 80.3 Å². The second kappa shape index (κ2) is 22.0. The van der Waals surface area contributed by atoms with E-state index in [1.165, 1.54) is 22.3 Å². The van der Waals surface area contributed by atoms with Crippen LogP contribution in [0.2, 0.25) is 0 Å². The predicted molar refractivity (Wildman–Crippen MR) is 255 cm³/mol. The van der Waals surface area contributed by atoms with Crippen molar-refractivity contribution in [2.45, 2.75) is 110 Å². The van der Waals surface area contributed by atoms with Crippen molar-refractivity contribution in [3.8, 4) is 0 Å². The van der Waals surface area contributed by atoms with Crippen molar-refractivity contribution >= 4 is 32.9 Å². The van der Waals surface area contributed by atoms with Gasteiger partial charge in [0.05, 0.1) is 34.2 Å². The van der Waals surface area contributed by atoms with E-state index in [-0.39, 0.29) is 44.0 Å². The zero-order valence-corrected chi connectivity index (χ0v) is 41.5. The summed E-state index contributed by atoms with van der Waals surface area (Å²) in [6, 6.07) is 46.3. The van der Waals surface area contributed by atoms with Gasteiger partial charge in [-0.15, -0.1) is 0 Å². The van der Waals surface area contributed by atoms with E-state index < -0.39 is 15.6 Å². The monoisotopic (exact) mass is 996 g/mol. The Bertz CT molecular complexity index is 2470. The SMILES string of the molecule is CC(C)(C)c1ccc(C(C)(C)C)c(N=C(c2ccccc2)c2cccc(C(=Nc3cc(C(C)(C)C)ccc3C(C)(C)C)c3ccccc3)n2)c1.O=S(=O)([O-])C(F)(F)F.[Ag+].c1ccncc1. The van der Waals surface area contributed by atoms with Crippen molar-refractivity contribution in [3.05, 3.63) is 191 Å². The van der Waals surface area contributed by atoms with Crippen molar-refractivity contribution in [1.29, 1.82) is 0 Å². The van der Waals surface area contributed by atoms with Crippen molar-refractivity contribution < 1.29 is 48.5 Å². The van der Waals surface area contributed by atoms with Gasteiger partial charge in [0.1, 0.15) is 0 Å². The third kappa shape index (κ3) is 15.8. The number of nitrogens with zero attached hydrogens (tertiary/aromatic N) is 4. The van der Waals surface area contributed by atoms with Crippen LogP contribution in [0.15, 0.2) is 156 Å². The van der Waals surface area contributed by atoms with E-state index in [1.54, 1.807) is 12.4 Å². The van der Waals surface area contributed by atoms with Crippen molar-refractivity contribution in [2.75, 3.05) is 0 Å². The number of aromatic nitrogens is 2. The smallest absolute Gasteiger partial charge is 0.741 e. The molecule has 65 heavy (non-hydrogen) atoms. The molecule has 2 heterocycles. The molecule has 12 heteroatoms. The summed E-state index contributed by atoms with van der Waals surface area (Å²) in [6.45, 7) is 27.0. The number of rotatable bonds is 6. The molecule has 0 aliphatic carbocycles. The van der Waals surface area contributed by atoms with Crippen LogP contribution in [-0.4, -0.2) is 39.9 Å². The van der Waals surface area contributed by atoms with Gasteiger partial charge in [-0.3, -0.25) is 4.98 Å². The summed E-state index contributed by atoms with van der Waals surface area (Å²) >= 11 is 0. The molecule has 0 saturated heterocycles. The number of halogens is 3. The maximum Gasteiger partial charge on any atom is 1.00 e. The molecule has 6 aromatic rings. The first-order valence-corrected chi connectivity index (χ1v) is 22.4. The molecule has 0 N–H and O–H groups in total. The molecule has 0 spiro atoms. The van der Waals surface area contributed by atoms with Crippen molar-refractivity contribution in [1.82, 2.24) is 9.97 Å². The summed E-state index contributed by atoms with van der Waals surface area (Å²) in [7, 11) is -6.09. The normalized spacial score (nSPS) is 12.8. The maximum absolute atomic E-state index is 10.7. The first-order valence-electron chi connectivity index (χ1n) is 21.0. The molecule has 348 valence electrons. The molecular formula is C53H60AgF3N4O3S. The Kier molecular flexibility index (Phi) is 18.3. The van der Waals surface area contributed by atoms with Gasteiger partial charge < -0.3 is 4.55 Å². The molecule has 0 aliphatic rings. The molecule has 0 aliphatic heterocycles. The molecule has 6 rings (SSSR count). The Morgan fingerprint density at radius 2 is 0.831 bits per heavy atom. The van der Waals surface area contributed by atoms with Crippen LogP contribution in [0.5, 0.6) is 0 Å². The van der Waals surface area contributed by atoms with E-state index in [9.17, 15) is 13.2 Å². The van der Waals surface area contributed by atoms with Crippen LogP contribution in [0.4, 0.5) is 24.5 Å². The molecule has 0 bridgehead atoms.